The molecule has 0 radical (unpaired) electrons. The van der Waals surface area contributed by atoms with Crippen LogP contribution in [0.4, 0.5) is 4.39 Å². The Morgan fingerprint density at radius 1 is 1.12 bits per heavy atom. The summed E-state index contributed by atoms with van der Waals surface area (Å²) in [6.45, 7) is 1.44. The van der Waals surface area contributed by atoms with Crippen LogP contribution in [-0.4, -0.2) is 4.57 Å². The number of hydrogen-bond donors (Lipinski definition) is 0. The molecular weight excluding hydrogens is 205 g/mol. The molecule has 2 aromatic rings. The summed E-state index contributed by atoms with van der Waals surface area (Å²) in [5.74, 6) is 0. The fourth-order valence-corrected chi connectivity index (χ4v) is 1.54. The minimum absolute atomic E-state index is 0.0846. The summed E-state index contributed by atoms with van der Waals surface area (Å²) in [7, 11) is 0. The standard InChI is InChI=1S/C13H12FNO/c1-10-2-7-13(16)15(9-10)12-5-3-11(8-14)4-6-12/h2-7,9H,8H2,1H3. The van der Waals surface area contributed by atoms with E-state index in [-0.39, 0.29) is 5.56 Å². The largest absolute Gasteiger partial charge is 0.284 e. The van der Waals surface area contributed by atoms with Crippen molar-refractivity contribution in [2.24, 2.45) is 0 Å². The normalized spacial score (nSPS) is 10.4. The van der Waals surface area contributed by atoms with Gasteiger partial charge in [-0.1, -0.05) is 18.2 Å². The highest BCUT2D eigenvalue weighted by molar-refractivity contribution is 5.35. The average Bonchev–Trinajstić information content (AvgIpc) is 2.32. The molecule has 2 nitrogen and oxygen atoms in total. The number of nitrogens with zero attached hydrogens (tertiary/aromatic N) is 1. The smallest absolute Gasteiger partial charge is 0.255 e. The minimum Gasteiger partial charge on any atom is -0.284 e. The maximum absolute atomic E-state index is 12.3. The molecule has 0 aliphatic rings. The van der Waals surface area contributed by atoms with Gasteiger partial charge in [0.2, 0.25) is 0 Å². The maximum atomic E-state index is 12.3. The second kappa shape index (κ2) is 4.31. The molecule has 82 valence electrons. The average molecular weight is 217 g/mol. The fraction of sp³-hybridized carbons (Fsp3) is 0.154. The van der Waals surface area contributed by atoms with Crippen molar-refractivity contribution in [1.29, 1.82) is 0 Å². The molecule has 3 heteroatoms. The van der Waals surface area contributed by atoms with E-state index >= 15 is 0 Å². The number of alkyl halides is 1. The van der Waals surface area contributed by atoms with E-state index in [1.54, 1.807) is 41.1 Å². The molecule has 2 rings (SSSR count). The Morgan fingerprint density at radius 3 is 2.44 bits per heavy atom. The van der Waals surface area contributed by atoms with Crippen LogP contribution in [0.25, 0.3) is 5.69 Å². The van der Waals surface area contributed by atoms with Gasteiger partial charge < -0.3 is 0 Å². The number of pyridine rings is 1. The first-order chi connectivity index (χ1) is 7.70. The Kier molecular flexibility index (Phi) is 2.86. The van der Waals surface area contributed by atoms with Crippen molar-refractivity contribution < 1.29 is 4.39 Å². The molecule has 0 unspecified atom stereocenters. The SMILES string of the molecule is Cc1ccc(=O)n(-c2ccc(CF)cc2)c1. The predicted molar refractivity (Wildman–Crippen MR) is 61.6 cm³/mol. The predicted octanol–water partition coefficient (Wildman–Crippen LogP) is 2.62. The van der Waals surface area contributed by atoms with Gasteiger partial charge >= 0.3 is 0 Å². The molecule has 0 amide bonds. The molecular formula is C13H12FNO. The van der Waals surface area contributed by atoms with Crippen LogP contribution in [0.2, 0.25) is 0 Å². The molecule has 0 aliphatic carbocycles. The van der Waals surface area contributed by atoms with Crippen molar-refractivity contribution in [1.82, 2.24) is 4.57 Å². The third-order valence-electron chi connectivity index (χ3n) is 2.43. The van der Waals surface area contributed by atoms with E-state index in [0.29, 0.717) is 5.56 Å². The van der Waals surface area contributed by atoms with E-state index < -0.39 is 6.67 Å². The van der Waals surface area contributed by atoms with E-state index in [1.165, 1.54) is 6.07 Å². The van der Waals surface area contributed by atoms with Gasteiger partial charge in [-0.15, -0.1) is 0 Å². The highest BCUT2D eigenvalue weighted by Crippen LogP contribution is 2.09. The van der Waals surface area contributed by atoms with Gasteiger partial charge in [0.1, 0.15) is 6.67 Å². The Labute approximate surface area is 93.0 Å². The van der Waals surface area contributed by atoms with Gasteiger partial charge in [0.15, 0.2) is 0 Å². The van der Waals surface area contributed by atoms with Gasteiger partial charge in [0.25, 0.3) is 5.56 Å². The number of aryl methyl sites for hydroxylation is 1. The van der Waals surface area contributed by atoms with E-state index in [1.807, 2.05) is 6.92 Å². The quantitative estimate of drug-likeness (QED) is 0.757. The summed E-state index contributed by atoms with van der Waals surface area (Å²) in [6, 6.07) is 10.2. The maximum Gasteiger partial charge on any atom is 0.255 e. The Morgan fingerprint density at radius 2 is 1.81 bits per heavy atom. The van der Waals surface area contributed by atoms with Crippen molar-refractivity contribution >= 4 is 0 Å². The lowest BCUT2D eigenvalue weighted by Crippen LogP contribution is -2.16. The lowest BCUT2D eigenvalue weighted by atomic mass is 10.2. The van der Waals surface area contributed by atoms with Crippen LogP contribution in [0, 0.1) is 6.92 Å². The van der Waals surface area contributed by atoms with Crippen molar-refractivity contribution in [3.05, 3.63) is 64.1 Å². The van der Waals surface area contributed by atoms with E-state index in [9.17, 15) is 9.18 Å². The fourth-order valence-electron chi connectivity index (χ4n) is 1.54. The van der Waals surface area contributed by atoms with Crippen LogP contribution in [0.5, 0.6) is 0 Å². The number of aromatic nitrogens is 1. The molecule has 0 bridgehead atoms. The molecule has 1 heterocycles. The lowest BCUT2D eigenvalue weighted by molar-refractivity contribution is 0.485. The number of benzene rings is 1. The van der Waals surface area contributed by atoms with Gasteiger partial charge in [-0.2, -0.15) is 0 Å². The molecule has 16 heavy (non-hydrogen) atoms. The third-order valence-corrected chi connectivity index (χ3v) is 2.43. The first-order valence-corrected chi connectivity index (χ1v) is 5.05. The number of hydrogen-bond acceptors (Lipinski definition) is 1. The summed E-state index contributed by atoms with van der Waals surface area (Å²) in [6.07, 6.45) is 1.77. The zero-order valence-corrected chi connectivity index (χ0v) is 8.98. The van der Waals surface area contributed by atoms with E-state index in [4.69, 9.17) is 0 Å². The Balaban J connectivity index is 2.50. The first kappa shape index (κ1) is 10.6. The zero-order chi connectivity index (χ0) is 11.5. The van der Waals surface area contributed by atoms with Gasteiger partial charge in [0.05, 0.1) is 0 Å². The van der Waals surface area contributed by atoms with Crippen LogP contribution in [0.15, 0.2) is 47.4 Å². The third kappa shape index (κ3) is 2.03. The zero-order valence-electron chi connectivity index (χ0n) is 8.98. The van der Waals surface area contributed by atoms with Crippen LogP contribution in [-0.2, 0) is 6.67 Å². The molecule has 0 spiro atoms. The van der Waals surface area contributed by atoms with E-state index in [2.05, 4.69) is 0 Å². The highest BCUT2D eigenvalue weighted by atomic mass is 19.1. The van der Waals surface area contributed by atoms with Crippen molar-refractivity contribution in [2.45, 2.75) is 13.6 Å². The number of rotatable bonds is 2. The molecule has 0 aliphatic heterocycles. The van der Waals surface area contributed by atoms with Crippen molar-refractivity contribution in [3.63, 3.8) is 0 Å². The van der Waals surface area contributed by atoms with Gasteiger partial charge in [0, 0.05) is 18.0 Å². The van der Waals surface area contributed by atoms with Gasteiger partial charge in [-0.3, -0.25) is 9.36 Å². The summed E-state index contributed by atoms with van der Waals surface area (Å²) in [5, 5.41) is 0. The number of halogens is 1. The molecule has 0 saturated heterocycles. The minimum atomic E-state index is -0.483. The van der Waals surface area contributed by atoms with Gasteiger partial charge in [-0.25, -0.2) is 4.39 Å². The highest BCUT2D eigenvalue weighted by Gasteiger charge is 1.99. The second-order valence-corrected chi connectivity index (χ2v) is 3.71. The second-order valence-electron chi connectivity index (χ2n) is 3.71. The molecule has 0 saturated carbocycles. The van der Waals surface area contributed by atoms with Crippen LogP contribution < -0.4 is 5.56 Å². The van der Waals surface area contributed by atoms with E-state index in [0.717, 1.165) is 11.3 Å². The molecule has 0 fully saturated rings. The Bertz CT molecular complexity index is 543. The van der Waals surface area contributed by atoms with Crippen LogP contribution >= 0.6 is 0 Å². The van der Waals surface area contributed by atoms with Crippen LogP contribution in [0.3, 0.4) is 0 Å². The first-order valence-electron chi connectivity index (χ1n) is 5.05. The Hall–Kier alpha value is -1.90. The summed E-state index contributed by atoms with van der Waals surface area (Å²) >= 11 is 0. The molecule has 0 N–H and O–H groups in total. The topological polar surface area (TPSA) is 22.0 Å². The summed E-state index contributed by atoms with van der Waals surface area (Å²) in [5.41, 5.74) is 2.29. The molecule has 1 aromatic carbocycles. The molecule has 0 atom stereocenters. The lowest BCUT2D eigenvalue weighted by Gasteiger charge is -2.06. The van der Waals surface area contributed by atoms with Crippen molar-refractivity contribution in [3.8, 4) is 5.69 Å². The van der Waals surface area contributed by atoms with Crippen molar-refractivity contribution in [2.75, 3.05) is 0 Å². The van der Waals surface area contributed by atoms with Gasteiger partial charge in [-0.05, 0) is 30.2 Å². The molecule has 1 aromatic heterocycles. The summed E-state index contributed by atoms with van der Waals surface area (Å²) in [4.78, 5) is 11.6. The summed E-state index contributed by atoms with van der Waals surface area (Å²) < 4.78 is 13.9. The monoisotopic (exact) mass is 217 g/mol. The van der Waals surface area contributed by atoms with Crippen LogP contribution in [0.1, 0.15) is 11.1 Å².